The van der Waals surface area contributed by atoms with Crippen LogP contribution in [0.25, 0.3) is 0 Å². The first-order chi connectivity index (χ1) is 13.1. The van der Waals surface area contributed by atoms with Gasteiger partial charge in [-0.25, -0.2) is 5.48 Å². The Morgan fingerprint density at radius 3 is 2.52 bits per heavy atom. The second-order valence-corrected chi connectivity index (χ2v) is 6.73. The number of hydroxylamine groups is 1. The zero-order chi connectivity index (χ0) is 19.7. The number of aliphatic hydroxyl groups excluding tert-OH is 1. The van der Waals surface area contributed by atoms with Crippen molar-refractivity contribution >= 4 is 23.6 Å². The minimum Gasteiger partial charge on any atom is -0.395 e. The third kappa shape index (κ3) is 5.25. The molecule has 1 saturated heterocycles. The quantitative estimate of drug-likeness (QED) is 0.314. The zero-order valence-corrected chi connectivity index (χ0v) is 15.6. The van der Waals surface area contributed by atoms with E-state index in [1.807, 2.05) is 0 Å². The average Bonchev–Trinajstić information content (AvgIpc) is 2.66. The Bertz CT molecular complexity index is 792. The Morgan fingerprint density at radius 2 is 2.00 bits per heavy atom. The van der Waals surface area contributed by atoms with E-state index in [0.29, 0.717) is 29.1 Å². The van der Waals surface area contributed by atoms with Crippen molar-refractivity contribution in [1.82, 2.24) is 10.8 Å². The summed E-state index contributed by atoms with van der Waals surface area (Å²) >= 11 is 1.58. The summed E-state index contributed by atoms with van der Waals surface area (Å²) in [6, 6.07) is 5.50. The molecule has 0 aliphatic carbocycles. The number of carbonyl (C=O) groups excluding carboxylic acids is 2. The van der Waals surface area contributed by atoms with Gasteiger partial charge in [-0.15, -0.1) is 0 Å². The molecule has 2 rings (SSSR count). The SMILES string of the molecule is COC1(C(NC(=O)c2ccc(C#CC#CCCO)cc2)C(=O)NO)CSC1. The van der Waals surface area contributed by atoms with E-state index in [2.05, 4.69) is 29.0 Å². The van der Waals surface area contributed by atoms with Crippen molar-refractivity contribution in [3.63, 3.8) is 0 Å². The molecule has 7 nitrogen and oxygen atoms in total. The molecule has 4 N–H and O–H groups in total. The van der Waals surface area contributed by atoms with E-state index in [1.165, 1.54) is 7.11 Å². The van der Waals surface area contributed by atoms with Crippen molar-refractivity contribution in [3.8, 4) is 23.7 Å². The maximum Gasteiger partial charge on any atom is 0.268 e. The fourth-order valence-corrected chi connectivity index (χ4v) is 3.57. The number of aliphatic hydroxyl groups is 1. The van der Waals surface area contributed by atoms with Crippen molar-refractivity contribution in [2.45, 2.75) is 18.1 Å². The molecule has 1 fully saturated rings. The van der Waals surface area contributed by atoms with Crippen molar-refractivity contribution in [2.24, 2.45) is 0 Å². The molecule has 0 saturated carbocycles. The summed E-state index contributed by atoms with van der Waals surface area (Å²) < 4.78 is 5.43. The molecule has 1 aromatic carbocycles. The Labute approximate surface area is 161 Å². The molecule has 2 amide bonds. The van der Waals surface area contributed by atoms with E-state index < -0.39 is 23.5 Å². The van der Waals surface area contributed by atoms with Crippen molar-refractivity contribution in [2.75, 3.05) is 25.2 Å². The van der Waals surface area contributed by atoms with Crippen LogP contribution in [0.4, 0.5) is 0 Å². The Morgan fingerprint density at radius 1 is 1.30 bits per heavy atom. The van der Waals surface area contributed by atoms with Gasteiger partial charge in [-0.2, -0.15) is 11.8 Å². The lowest BCUT2D eigenvalue weighted by atomic mass is 9.95. The number of thioether (sulfide) groups is 1. The molecule has 1 aromatic rings. The first-order valence-corrected chi connectivity index (χ1v) is 9.29. The highest BCUT2D eigenvalue weighted by Crippen LogP contribution is 2.35. The number of hydrogen-bond donors (Lipinski definition) is 4. The van der Waals surface area contributed by atoms with E-state index in [1.54, 1.807) is 41.5 Å². The minimum absolute atomic E-state index is 0.00314. The zero-order valence-electron chi connectivity index (χ0n) is 14.7. The van der Waals surface area contributed by atoms with Gasteiger partial charge in [0.1, 0.15) is 11.6 Å². The number of benzene rings is 1. The molecule has 1 aliphatic heterocycles. The van der Waals surface area contributed by atoms with Crippen LogP contribution in [0.5, 0.6) is 0 Å². The smallest absolute Gasteiger partial charge is 0.268 e. The number of methoxy groups -OCH3 is 1. The Hall–Kier alpha value is -2.49. The summed E-state index contributed by atoms with van der Waals surface area (Å²) in [5.74, 6) is 10.7. The van der Waals surface area contributed by atoms with Crippen LogP contribution in [0.15, 0.2) is 24.3 Å². The van der Waals surface area contributed by atoms with Gasteiger partial charge < -0.3 is 15.2 Å². The van der Waals surface area contributed by atoms with Gasteiger partial charge in [0.25, 0.3) is 11.8 Å². The van der Waals surface area contributed by atoms with E-state index in [4.69, 9.17) is 15.1 Å². The highest BCUT2D eigenvalue weighted by Gasteiger charge is 2.49. The predicted octanol–water partition coefficient (Wildman–Crippen LogP) is 0.160. The molecule has 0 aromatic heterocycles. The van der Waals surface area contributed by atoms with Crippen LogP contribution in [0.2, 0.25) is 0 Å². The van der Waals surface area contributed by atoms with Gasteiger partial charge in [-0.3, -0.25) is 14.8 Å². The summed E-state index contributed by atoms with van der Waals surface area (Å²) in [5, 5.41) is 20.2. The number of amides is 2. The fraction of sp³-hybridized carbons (Fsp3) is 0.368. The van der Waals surface area contributed by atoms with Crippen LogP contribution < -0.4 is 10.8 Å². The van der Waals surface area contributed by atoms with Crippen LogP contribution in [-0.2, 0) is 9.53 Å². The van der Waals surface area contributed by atoms with Gasteiger partial charge in [0, 0.05) is 36.2 Å². The van der Waals surface area contributed by atoms with Gasteiger partial charge in [0.15, 0.2) is 0 Å². The average molecular weight is 388 g/mol. The number of rotatable bonds is 6. The lowest BCUT2D eigenvalue weighted by molar-refractivity contribution is -0.138. The molecule has 0 spiro atoms. The summed E-state index contributed by atoms with van der Waals surface area (Å²) in [5.41, 5.74) is 1.77. The number of hydrogen-bond acceptors (Lipinski definition) is 6. The second kappa shape index (κ2) is 10.0. The third-order valence-electron chi connectivity index (χ3n) is 4.01. The summed E-state index contributed by atoms with van der Waals surface area (Å²) in [6.07, 6.45) is 0.373. The first kappa shape index (κ1) is 20.8. The third-order valence-corrected chi connectivity index (χ3v) is 5.40. The molecule has 1 atom stereocenters. The van der Waals surface area contributed by atoms with Crippen molar-refractivity contribution in [1.29, 1.82) is 0 Å². The molecule has 0 radical (unpaired) electrons. The standard InChI is InChI=1S/C19H20N2O5S/c1-26-19(12-27-13-19)16(18(24)21-25)20-17(23)15-9-7-14(8-10-15)6-4-2-3-5-11-22/h7-10,16,22,25H,5,11-13H2,1H3,(H,20,23)(H,21,24). The molecule has 1 aliphatic rings. The first-order valence-electron chi connectivity index (χ1n) is 8.14. The maximum absolute atomic E-state index is 12.5. The molecular formula is C19H20N2O5S. The highest BCUT2D eigenvalue weighted by molar-refractivity contribution is 8.00. The van der Waals surface area contributed by atoms with Gasteiger partial charge in [-0.1, -0.05) is 11.8 Å². The summed E-state index contributed by atoms with van der Waals surface area (Å²) in [4.78, 5) is 24.5. The van der Waals surface area contributed by atoms with E-state index >= 15 is 0 Å². The number of carbonyl (C=O) groups is 2. The molecule has 0 bridgehead atoms. The minimum atomic E-state index is -1.01. The van der Waals surface area contributed by atoms with E-state index in [-0.39, 0.29) is 6.61 Å². The van der Waals surface area contributed by atoms with Gasteiger partial charge in [0.2, 0.25) is 0 Å². The molecule has 1 heterocycles. The van der Waals surface area contributed by atoms with Crippen LogP contribution in [0.1, 0.15) is 22.3 Å². The Balaban J connectivity index is 2.08. The van der Waals surface area contributed by atoms with Crippen LogP contribution in [0.3, 0.4) is 0 Å². The van der Waals surface area contributed by atoms with E-state index in [9.17, 15) is 9.59 Å². The molecule has 142 valence electrons. The largest absolute Gasteiger partial charge is 0.395 e. The molecule has 8 heteroatoms. The number of nitrogens with one attached hydrogen (secondary N) is 2. The predicted molar refractivity (Wildman–Crippen MR) is 101 cm³/mol. The highest BCUT2D eigenvalue weighted by atomic mass is 32.2. The molecule has 27 heavy (non-hydrogen) atoms. The summed E-state index contributed by atoms with van der Waals surface area (Å²) in [6.45, 7) is -0.00314. The molecule has 1 unspecified atom stereocenters. The van der Waals surface area contributed by atoms with Gasteiger partial charge >= 0.3 is 0 Å². The normalized spacial score (nSPS) is 15.1. The lowest BCUT2D eigenvalue weighted by Crippen LogP contribution is -2.66. The van der Waals surface area contributed by atoms with Crippen molar-refractivity contribution in [3.05, 3.63) is 35.4 Å². The van der Waals surface area contributed by atoms with Crippen LogP contribution in [-0.4, -0.2) is 59.0 Å². The summed E-state index contributed by atoms with van der Waals surface area (Å²) in [7, 11) is 1.47. The molecular weight excluding hydrogens is 368 g/mol. The topological polar surface area (TPSA) is 108 Å². The van der Waals surface area contributed by atoms with Crippen molar-refractivity contribution < 1.29 is 24.6 Å². The fourth-order valence-electron chi connectivity index (χ4n) is 2.39. The van der Waals surface area contributed by atoms with Crippen LogP contribution in [0, 0.1) is 23.7 Å². The van der Waals surface area contributed by atoms with Gasteiger partial charge in [-0.05, 0) is 36.1 Å². The monoisotopic (exact) mass is 388 g/mol. The van der Waals surface area contributed by atoms with Gasteiger partial charge in [0.05, 0.1) is 6.61 Å². The number of ether oxygens (including phenoxy) is 1. The van der Waals surface area contributed by atoms with E-state index in [0.717, 1.165) is 0 Å². The van der Waals surface area contributed by atoms with Crippen LogP contribution >= 0.6 is 11.8 Å². The maximum atomic E-state index is 12.5. The second-order valence-electron chi connectivity index (χ2n) is 5.75. The lowest BCUT2D eigenvalue weighted by Gasteiger charge is -2.44. The Kier molecular flexibility index (Phi) is 7.71.